The summed E-state index contributed by atoms with van der Waals surface area (Å²) in [6.45, 7) is 0. The number of benzene rings is 2. The molecule has 1 aromatic heterocycles. The minimum Gasteiger partial charge on any atom is -0.322 e. The van der Waals surface area contributed by atoms with E-state index in [1.54, 1.807) is 35.7 Å². The van der Waals surface area contributed by atoms with Crippen molar-refractivity contribution >= 4 is 34.7 Å². The lowest BCUT2D eigenvalue weighted by Gasteiger charge is -2.07. The van der Waals surface area contributed by atoms with Gasteiger partial charge in [0.25, 0.3) is 17.7 Å². The Morgan fingerprint density at radius 1 is 1.04 bits per heavy atom. The Bertz CT molecular complexity index is 1030. The van der Waals surface area contributed by atoms with Gasteiger partial charge >= 0.3 is 0 Å². The number of fused-ring (bicyclic) bond motifs is 1. The quantitative estimate of drug-likeness (QED) is 0.724. The molecule has 4 rings (SSSR count). The van der Waals surface area contributed by atoms with E-state index in [-0.39, 0.29) is 17.4 Å². The normalized spacial score (nSPS) is 13.0. The second-order valence-corrected chi connectivity index (χ2v) is 6.69. The van der Waals surface area contributed by atoms with Crippen molar-refractivity contribution in [1.29, 1.82) is 0 Å². The molecule has 0 spiro atoms. The van der Waals surface area contributed by atoms with Crippen molar-refractivity contribution < 1.29 is 14.4 Å². The van der Waals surface area contributed by atoms with Crippen LogP contribution < -0.4 is 5.32 Å². The zero-order valence-corrected chi connectivity index (χ0v) is 14.5. The van der Waals surface area contributed by atoms with E-state index in [1.807, 2.05) is 17.5 Å². The zero-order chi connectivity index (χ0) is 18.3. The number of amides is 3. The summed E-state index contributed by atoms with van der Waals surface area (Å²) in [6.07, 6.45) is 1.74. The van der Waals surface area contributed by atoms with Crippen LogP contribution in [0.5, 0.6) is 0 Å². The summed E-state index contributed by atoms with van der Waals surface area (Å²) >= 11 is 1.54. The van der Waals surface area contributed by atoms with Gasteiger partial charge in [-0.25, -0.2) is 4.98 Å². The molecular weight excluding hydrogens is 350 g/mol. The first-order chi connectivity index (χ1) is 12.5. The van der Waals surface area contributed by atoms with Crippen LogP contribution in [0.4, 0.5) is 5.69 Å². The van der Waals surface area contributed by atoms with E-state index in [2.05, 4.69) is 10.3 Å². The predicted molar refractivity (Wildman–Crippen MR) is 98.4 cm³/mol. The van der Waals surface area contributed by atoms with Crippen molar-refractivity contribution in [2.45, 2.75) is 0 Å². The van der Waals surface area contributed by atoms with Crippen LogP contribution in [0.3, 0.4) is 0 Å². The van der Waals surface area contributed by atoms with Crippen molar-refractivity contribution in [2.75, 3.05) is 12.4 Å². The van der Waals surface area contributed by atoms with Crippen LogP contribution in [0.2, 0.25) is 0 Å². The number of thiazole rings is 1. The van der Waals surface area contributed by atoms with Crippen molar-refractivity contribution in [2.24, 2.45) is 0 Å². The van der Waals surface area contributed by atoms with Crippen molar-refractivity contribution in [3.63, 3.8) is 0 Å². The number of carbonyl (C=O) groups excluding carboxylic acids is 3. The van der Waals surface area contributed by atoms with Crippen LogP contribution in [0.1, 0.15) is 31.1 Å². The fraction of sp³-hybridized carbons (Fsp3) is 0.0526. The number of hydrogen-bond acceptors (Lipinski definition) is 5. The number of aromatic nitrogens is 1. The van der Waals surface area contributed by atoms with Crippen LogP contribution in [-0.2, 0) is 0 Å². The molecule has 0 atom stereocenters. The summed E-state index contributed by atoms with van der Waals surface area (Å²) in [4.78, 5) is 41.7. The molecule has 3 amide bonds. The molecule has 2 aromatic carbocycles. The Morgan fingerprint density at radius 3 is 2.46 bits per heavy atom. The van der Waals surface area contributed by atoms with E-state index in [4.69, 9.17) is 0 Å². The Kier molecular flexibility index (Phi) is 3.85. The van der Waals surface area contributed by atoms with Crippen molar-refractivity contribution in [3.8, 4) is 10.6 Å². The maximum absolute atomic E-state index is 12.5. The Labute approximate surface area is 153 Å². The number of hydrogen-bond donors (Lipinski definition) is 1. The van der Waals surface area contributed by atoms with Crippen LogP contribution in [-0.4, -0.2) is 34.7 Å². The summed E-state index contributed by atoms with van der Waals surface area (Å²) in [5.74, 6) is -1.09. The van der Waals surface area contributed by atoms with Crippen LogP contribution >= 0.6 is 11.3 Å². The smallest absolute Gasteiger partial charge is 0.261 e. The molecule has 0 aliphatic carbocycles. The summed E-state index contributed by atoms with van der Waals surface area (Å²) < 4.78 is 0. The van der Waals surface area contributed by atoms with E-state index >= 15 is 0 Å². The molecule has 0 unspecified atom stereocenters. The molecule has 1 aliphatic rings. The second kappa shape index (κ2) is 6.20. The molecule has 2 heterocycles. The predicted octanol–water partition coefficient (Wildman–Crippen LogP) is 3.29. The zero-order valence-electron chi connectivity index (χ0n) is 13.7. The van der Waals surface area contributed by atoms with Gasteiger partial charge in [-0.2, -0.15) is 0 Å². The van der Waals surface area contributed by atoms with Gasteiger partial charge in [0, 0.05) is 35.4 Å². The van der Waals surface area contributed by atoms with Gasteiger partial charge in [-0.1, -0.05) is 0 Å². The molecular formula is C19H13N3O3S. The minimum atomic E-state index is -0.396. The lowest BCUT2D eigenvalue weighted by atomic mass is 10.1. The minimum absolute atomic E-state index is 0.254. The molecule has 6 nitrogen and oxygen atoms in total. The first-order valence-corrected chi connectivity index (χ1v) is 8.70. The Hall–Kier alpha value is -3.32. The van der Waals surface area contributed by atoms with E-state index < -0.39 is 5.91 Å². The molecule has 0 fully saturated rings. The number of imide groups is 1. The highest BCUT2D eigenvalue weighted by Crippen LogP contribution is 2.25. The van der Waals surface area contributed by atoms with E-state index in [0.717, 1.165) is 15.5 Å². The SMILES string of the molecule is CN1C(=O)c2ccc(C(=O)Nc3ccc(-c4nccs4)cc3)cc2C1=O. The summed E-state index contributed by atoms with van der Waals surface area (Å²) in [5, 5.41) is 5.61. The van der Waals surface area contributed by atoms with Gasteiger partial charge in [0.05, 0.1) is 11.1 Å². The third-order valence-corrected chi connectivity index (χ3v) is 5.00. The van der Waals surface area contributed by atoms with Gasteiger partial charge in [-0.05, 0) is 42.5 Å². The maximum atomic E-state index is 12.5. The standard InChI is InChI=1S/C19H13N3O3S/c1-22-18(24)14-7-4-12(10-15(14)19(22)25)16(23)21-13-5-2-11(3-6-13)17-20-8-9-26-17/h2-10H,1H3,(H,21,23). The Balaban J connectivity index is 1.54. The van der Waals surface area contributed by atoms with Gasteiger partial charge in [-0.3, -0.25) is 19.3 Å². The molecule has 3 aromatic rings. The number of carbonyl (C=O) groups is 3. The molecule has 7 heteroatoms. The van der Waals surface area contributed by atoms with Crippen LogP contribution in [0.25, 0.3) is 10.6 Å². The molecule has 0 bridgehead atoms. The topological polar surface area (TPSA) is 79.4 Å². The number of nitrogens with zero attached hydrogens (tertiary/aromatic N) is 2. The van der Waals surface area contributed by atoms with Crippen molar-refractivity contribution in [1.82, 2.24) is 9.88 Å². The van der Waals surface area contributed by atoms with Gasteiger partial charge in [0.1, 0.15) is 5.01 Å². The molecule has 128 valence electrons. The average molecular weight is 363 g/mol. The Morgan fingerprint density at radius 2 is 1.77 bits per heavy atom. The van der Waals surface area contributed by atoms with Gasteiger partial charge in [0.15, 0.2) is 0 Å². The molecule has 1 aliphatic heterocycles. The maximum Gasteiger partial charge on any atom is 0.261 e. The van der Waals surface area contributed by atoms with Gasteiger partial charge in [-0.15, -0.1) is 11.3 Å². The molecule has 1 N–H and O–H groups in total. The molecule has 0 saturated carbocycles. The third kappa shape index (κ3) is 2.68. The number of anilines is 1. The van der Waals surface area contributed by atoms with Crippen LogP contribution in [0.15, 0.2) is 54.0 Å². The fourth-order valence-corrected chi connectivity index (χ4v) is 3.41. The largest absolute Gasteiger partial charge is 0.322 e. The van der Waals surface area contributed by atoms with E-state index in [9.17, 15) is 14.4 Å². The average Bonchev–Trinajstić information content (AvgIpc) is 3.27. The number of rotatable bonds is 3. The third-order valence-electron chi connectivity index (χ3n) is 4.17. The first kappa shape index (κ1) is 16.2. The van der Waals surface area contributed by atoms with E-state index in [1.165, 1.54) is 19.2 Å². The fourth-order valence-electron chi connectivity index (χ4n) is 2.77. The lowest BCUT2D eigenvalue weighted by Crippen LogP contribution is -2.24. The molecule has 26 heavy (non-hydrogen) atoms. The highest BCUT2D eigenvalue weighted by molar-refractivity contribution is 7.13. The van der Waals surface area contributed by atoms with E-state index in [0.29, 0.717) is 16.8 Å². The second-order valence-electron chi connectivity index (χ2n) is 5.80. The molecule has 0 radical (unpaired) electrons. The summed E-state index contributed by atoms with van der Waals surface area (Å²) in [5.41, 5.74) is 2.51. The molecule has 0 saturated heterocycles. The lowest BCUT2D eigenvalue weighted by molar-refractivity contribution is 0.0693. The van der Waals surface area contributed by atoms with Gasteiger partial charge < -0.3 is 5.32 Å². The van der Waals surface area contributed by atoms with Crippen LogP contribution in [0, 0.1) is 0 Å². The van der Waals surface area contributed by atoms with Crippen molar-refractivity contribution in [3.05, 3.63) is 70.7 Å². The summed E-state index contributed by atoms with van der Waals surface area (Å²) in [6, 6.07) is 11.9. The van der Waals surface area contributed by atoms with Gasteiger partial charge in [0.2, 0.25) is 0 Å². The number of nitrogens with one attached hydrogen (secondary N) is 1. The monoisotopic (exact) mass is 363 g/mol. The highest BCUT2D eigenvalue weighted by Gasteiger charge is 2.33. The summed E-state index contributed by atoms with van der Waals surface area (Å²) in [7, 11) is 1.43. The highest BCUT2D eigenvalue weighted by atomic mass is 32.1. The first-order valence-electron chi connectivity index (χ1n) is 7.82.